The monoisotopic (exact) mass is 565 g/mol. The van der Waals surface area contributed by atoms with Crippen LogP contribution in [0.5, 0.6) is 17.2 Å². The van der Waals surface area contributed by atoms with Crippen LogP contribution in [0.3, 0.4) is 0 Å². The van der Waals surface area contributed by atoms with E-state index in [1.54, 1.807) is 42.5 Å². The molecule has 1 saturated heterocycles. The molecule has 0 saturated carbocycles. The van der Waals surface area contributed by atoms with Crippen LogP contribution < -0.4 is 24.4 Å². The fourth-order valence-corrected chi connectivity index (χ4v) is 6.17. The molecule has 40 heavy (non-hydrogen) atoms. The van der Waals surface area contributed by atoms with Crippen LogP contribution in [0.4, 0.5) is 11.4 Å². The maximum atomic E-state index is 14.0. The molecule has 1 fully saturated rings. The normalized spacial score (nSPS) is 16.5. The molecule has 0 bridgehead atoms. The van der Waals surface area contributed by atoms with Crippen LogP contribution in [0.2, 0.25) is 0 Å². The first-order chi connectivity index (χ1) is 19.2. The summed E-state index contributed by atoms with van der Waals surface area (Å²) in [5, 5.41) is 2.59. The van der Waals surface area contributed by atoms with Crippen molar-refractivity contribution in [3.63, 3.8) is 0 Å². The zero-order valence-electron chi connectivity index (χ0n) is 21.8. The second-order valence-electron chi connectivity index (χ2n) is 9.16. The summed E-state index contributed by atoms with van der Waals surface area (Å²) in [4.78, 5) is 39.1. The van der Waals surface area contributed by atoms with E-state index in [0.717, 1.165) is 9.21 Å². The minimum atomic E-state index is -4.29. The van der Waals surface area contributed by atoms with Gasteiger partial charge in [0.25, 0.3) is 5.91 Å². The second-order valence-corrected chi connectivity index (χ2v) is 11.0. The first kappa shape index (κ1) is 27.2. The number of imide groups is 1. The highest BCUT2D eigenvalue weighted by Crippen LogP contribution is 2.35. The van der Waals surface area contributed by atoms with Gasteiger partial charge in [0.2, 0.25) is 28.6 Å². The number of nitrogens with one attached hydrogen (secondary N) is 1. The van der Waals surface area contributed by atoms with E-state index in [9.17, 15) is 22.8 Å². The van der Waals surface area contributed by atoms with Crippen molar-refractivity contribution in [3.05, 3.63) is 72.3 Å². The fourth-order valence-electron chi connectivity index (χ4n) is 4.60. The number of benzene rings is 3. The maximum Gasteiger partial charge on any atom is 0.252 e. The summed E-state index contributed by atoms with van der Waals surface area (Å²) in [6, 6.07) is 15.8. The van der Waals surface area contributed by atoms with Crippen molar-refractivity contribution >= 4 is 39.1 Å². The van der Waals surface area contributed by atoms with Gasteiger partial charge in [0.1, 0.15) is 11.8 Å². The highest BCUT2D eigenvalue weighted by molar-refractivity contribution is 7.89. The number of carbonyl (C=O) groups excluding carboxylic acids is 3. The summed E-state index contributed by atoms with van der Waals surface area (Å²) < 4.78 is 45.2. The quantitative estimate of drug-likeness (QED) is 0.391. The predicted molar refractivity (Wildman–Crippen MR) is 145 cm³/mol. The number of amides is 3. The Morgan fingerprint density at radius 1 is 1.02 bits per heavy atom. The molecule has 3 aromatic rings. The largest absolute Gasteiger partial charge is 0.494 e. The van der Waals surface area contributed by atoms with Crippen LogP contribution in [-0.2, 0) is 31.0 Å². The maximum absolute atomic E-state index is 14.0. The Hall–Kier alpha value is -4.42. The highest BCUT2D eigenvalue weighted by atomic mass is 32.2. The summed E-state index contributed by atoms with van der Waals surface area (Å²) >= 11 is 0. The molecule has 3 amide bonds. The summed E-state index contributed by atoms with van der Waals surface area (Å²) in [5.74, 6) is 0.0837. The third-order valence-electron chi connectivity index (χ3n) is 6.43. The Bertz CT molecular complexity index is 1560. The summed E-state index contributed by atoms with van der Waals surface area (Å²) in [6.07, 6.45) is -0.334. The van der Waals surface area contributed by atoms with Crippen LogP contribution in [0.15, 0.2) is 71.6 Å². The van der Waals surface area contributed by atoms with Crippen LogP contribution in [0.1, 0.15) is 25.8 Å². The number of sulfonamides is 1. The van der Waals surface area contributed by atoms with Crippen molar-refractivity contribution in [1.29, 1.82) is 0 Å². The zero-order chi connectivity index (χ0) is 28.4. The summed E-state index contributed by atoms with van der Waals surface area (Å²) in [6.45, 7) is 3.49. The van der Waals surface area contributed by atoms with Crippen molar-refractivity contribution in [2.45, 2.75) is 37.8 Å². The van der Waals surface area contributed by atoms with E-state index in [1.807, 2.05) is 6.92 Å². The van der Waals surface area contributed by atoms with Gasteiger partial charge in [-0.2, -0.15) is 4.31 Å². The molecule has 3 aromatic carbocycles. The molecule has 11 nitrogen and oxygen atoms in total. The van der Waals surface area contributed by atoms with E-state index in [0.29, 0.717) is 40.8 Å². The van der Waals surface area contributed by atoms with Gasteiger partial charge < -0.3 is 19.5 Å². The van der Waals surface area contributed by atoms with Crippen LogP contribution >= 0.6 is 0 Å². The van der Waals surface area contributed by atoms with Gasteiger partial charge in [0.05, 0.1) is 23.6 Å². The Balaban J connectivity index is 1.50. The van der Waals surface area contributed by atoms with E-state index in [1.165, 1.54) is 31.2 Å². The van der Waals surface area contributed by atoms with Gasteiger partial charge >= 0.3 is 0 Å². The van der Waals surface area contributed by atoms with E-state index in [4.69, 9.17) is 14.2 Å². The number of ether oxygens (including phenoxy) is 3. The van der Waals surface area contributed by atoms with Crippen molar-refractivity contribution in [2.75, 3.05) is 23.6 Å². The SMILES string of the molecule is CCOc1ccc(N2C(=O)CC(N(Cc3ccc4c(c3)OCO4)S(=O)(=O)c3ccc(NC(C)=O)cc3)C2=O)cc1. The molecule has 208 valence electrons. The third-order valence-corrected chi connectivity index (χ3v) is 8.30. The van der Waals surface area contributed by atoms with Crippen LogP contribution in [-0.4, -0.2) is 49.9 Å². The first-order valence-corrected chi connectivity index (χ1v) is 14.0. The van der Waals surface area contributed by atoms with E-state index in [2.05, 4.69) is 5.32 Å². The molecule has 0 aliphatic carbocycles. The van der Waals surface area contributed by atoms with Gasteiger partial charge in [-0.15, -0.1) is 0 Å². The Kier molecular flexibility index (Phi) is 7.46. The number of anilines is 2. The smallest absolute Gasteiger partial charge is 0.252 e. The second kappa shape index (κ2) is 11.0. The molecule has 2 aliphatic heterocycles. The van der Waals surface area contributed by atoms with Gasteiger partial charge in [-0.25, -0.2) is 13.3 Å². The molecular formula is C28H27N3O8S. The zero-order valence-corrected chi connectivity index (χ0v) is 22.6. The number of hydrogen-bond acceptors (Lipinski definition) is 8. The van der Waals surface area contributed by atoms with Gasteiger partial charge in [0, 0.05) is 19.2 Å². The Morgan fingerprint density at radius 3 is 2.40 bits per heavy atom. The highest BCUT2D eigenvalue weighted by Gasteiger charge is 2.47. The van der Waals surface area contributed by atoms with Crippen molar-refractivity contribution < 1.29 is 37.0 Å². The lowest BCUT2D eigenvalue weighted by Crippen LogP contribution is -2.45. The average molecular weight is 566 g/mol. The average Bonchev–Trinajstić information content (AvgIpc) is 3.51. The molecule has 0 aromatic heterocycles. The molecule has 1 unspecified atom stereocenters. The van der Waals surface area contributed by atoms with Crippen LogP contribution in [0, 0.1) is 0 Å². The van der Waals surface area contributed by atoms with E-state index >= 15 is 0 Å². The minimum absolute atomic E-state index is 0.0497. The van der Waals surface area contributed by atoms with Gasteiger partial charge in [-0.1, -0.05) is 6.07 Å². The molecule has 12 heteroatoms. The lowest BCUT2D eigenvalue weighted by Gasteiger charge is -2.27. The molecule has 0 radical (unpaired) electrons. The standard InChI is InChI=1S/C28H27N3O8S/c1-3-37-22-9-7-21(8-10-22)31-27(33)15-24(28(31)34)30(16-19-4-13-25-26(14-19)39-17-38-25)40(35,36)23-11-5-20(6-12-23)29-18(2)32/h4-14,24H,3,15-17H2,1-2H3,(H,29,32). The fraction of sp³-hybridized carbons (Fsp3) is 0.250. The molecule has 5 rings (SSSR count). The number of fused-ring (bicyclic) bond motifs is 1. The summed E-state index contributed by atoms with van der Waals surface area (Å²) in [5.41, 5.74) is 1.28. The molecule has 0 spiro atoms. The van der Waals surface area contributed by atoms with E-state index < -0.39 is 27.9 Å². The molecule has 2 aliphatic rings. The van der Waals surface area contributed by atoms with Crippen molar-refractivity contribution in [3.8, 4) is 17.2 Å². The number of hydrogen-bond donors (Lipinski definition) is 1. The van der Waals surface area contributed by atoms with E-state index in [-0.39, 0.29) is 30.6 Å². The summed E-state index contributed by atoms with van der Waals surface area (Å²) in [7, 11) is -4.29. The Morgan fingerprint density at radius 2 is 1.73 bits per heavy atom. The van der Waals surface area contributed by atoms with Gasteiger partial charge in [-0.05, 0) is 73.2 Å². The number of carbonyl (C=O) groups is 3. The topological polar surface area (TPSA) is 132 Å². The van der Waals surface area contributed by atoms with Gasteiger partial charge in [-0.3, -0.25) is 14.4 Å². The van der Waals surface area contributed by atoms with Crippen LogP contribution in [0.25, 0.3) is 0 Å². The lowest BCUT2D eigenvalue weighted by molar-refractivity contribution is -0.122. The molecule has 1 N–H and O–H groups in total. The molecule has 1 atom stereocenters. The lowest BCUT2D eigenvalue weighted by atomic mass is 10.1. The Labute approximate surface area is 231 Å². The van der Waals surface area contributed by atoms with Gasteiger partial charge in [0.15, 0.2) is 11.5 Å². The minimum Gasteiger partial charge on any atom is -0.494 e. The third kappa shape index (κ3) is 5.36. The van der Waals surface area contributed by atoms with Crippen molar-refractivity contribution in [1.82, 2.24) is 4.31 Å². The molecular weight excluding hydrogens is 538 g/mol. The number of rotatable bonds is 9. The first-order valence-electron chi connectivity index (χ1n) is 12.5. The number of nitrogens with zero attached hydrogens (tertiary/aromatic N) is 2. The predicted octanol–water partition coefficient (Wildman–Crippen LogP) is 3.30. The van der Waals surface area contributed by atoms with Crippen molar-refractivity contribution in [2.24, 2.45) is 0 Å². The molecule has 2 heterocycles.